The van der Waals surface area contributed by atoms with Crippen LogP contribution in [0.5, 0.6) is 0 Å². The van der Waals surface area contributed by atoms with Crippen LogP contribution in [0, 0.1) is 16.3 Å². The van der Waals surface area contributed by atoms with Crippen LogP contribution < -0.4 is 5.32 Å². The number of nitrogens with one attached hydrogen (secondary N) is 1. The number of hydrogen-bond donors (Lipinski definition) is 1. The third kappa shape index (κ3) is 2.66. The lowest BCUT2D eigenvalue weighted by Crippen LogP contribution is -1.99. The van der Waals surface area contributed by atoms with Gasteiger partial charge in [-0.05, 0) is 47.2 Å². The van der Waals surface area contributed by atoms with Gasteiger partial charge in [0, 0.05) is 16.0 Å². The van der Waals surface area contributed by atoms with Gasteiger partial charge in [0.05, 0.1) is 5.69 Å². The number of halogens is 2. The molecule has 0 bridgehead atoms. The maximum atomic E-state index is 13.5. The molecule has 2 rings (SSSR count). The SMILES string of the molecule is Cc1ccc(Nc2ncc(I)cn2)c(F)c1. The lowest BCUT2D eigenvalue weighted by molar-refractivity contribution is 0.630. The van der Waals surface area contributed by atoms with E-state index in [1.807, 2.05) is 13.0 Å². The fourth-order valence-electron chi connectivity index (χ4n) is 1.22. The number of rotatable bonds is 2. The molecule has 0 saturated heterocycles. The van der Waals surface area contributed by atoms with Crippen molar-refractivity contribution in [3.8, 4) is 0 Å². The molecule has 0 aliphatic carbocycles. The average Bonchev–Trinajstić information content (AvgIpc) is 2.25. The Morgan fingerprint density at radius 3 is 2.56 bits per heavy atom. The van der Waals surface area contributed by atoms with E-state index in [4.69, 9.17) is 0 Å². The molecule has 5 heteroatoms. The summed E-state index contributed by atoms with van der Waals surface area (Å²) in [5.74, 6) is 0.0883. The smallest absolute Gasteiger partial charge is 0.227 e. The van der Waals surface area contributed by atoms with E-state index in [9.17, 15) is 4.39 Å². The first-order valence-electron chi connectivity index (χ1n) is 4.66. The van der Waals surface area contributed by atoms with Gasteiger partial charge in [0.25, 0.3) is 0 Å². The van der Waals surface area contributed by atoms with Gasteiger partial charge in [-0.2, -0.15) is 0 Å². The van der Waals surface area contributed by atoms with Crippen LogP contribution in [0.2, 0.25) is 0 Å². The molecular weight excluding hydrogens is 320 g/mol. The van der Waals surface area contributed by atoms with Crippen molar-refractivity contribution in [1.29, 1.82) is 0 Å². The molecule has 0 aliphatic rings. The Kier molecular flexibility index (Phi) is 3.33. The molecular formula is C11H9FIN3. The van der Waals surface area contributed by atoms with Crippen molar-refractivity contribution >= 4 is 34.2 Å². The second-order valence-electron chi connectivity index (χ2n) is 3.33. The van der Waals surface area contributed by atoms with Gasteiger partial charge in [-0.1, -0.05) is 6.07 Å². The molecule has 0 spiro atoms. The largest absolute Gasteiger partial charge is 0.322 e. The third-order valence-corrected chi connectivity index (χ3v) is 2.55. The molecule has 0 fully saturated rings. The first-order chi connectivity index (χ1) is 7.65. The zero-order valence-corrected chi connectivity index (χ0v) is 10.7. The lowest BCUT2D eigenvalue weighted by atomic mass is 10.2. The number of hydrogen-bond acceptors (Lipinski definition) is 3. The molecule has 16 heavy (non-hydrogen) atoms. The molecule has 0 radical (unpaired) electrons. The summed E-state index contributed by atoms with van der Waals surface area (Å²) in [4.78, 5) is 8.08. The Hall–Kier alpha value is -1.24. The highest BCUT2D eigenvalue weighted by atomic mass is 127. The van der Waals surface area contributed by atoms with Gasteiger partial charge < -0.3 is 5.32 Å². The minimum atomic E-state index is -0.304. The zero-order valence-electron chi connectivity index (χ0n) is 8.54. The summed E-state index contributed by atoms with van der Waals surface area (Å²) < 4.78 is 14.4. The predicted octanol–water partition coefficient (Wildman–Crippen LogP) is 3.27. The van der Waals surface area contributed by atoms with Gasteiger partial charge >= 0.3 is 0 Å². The minimum absolute atomic E-state index is 0.304. The van der Waals surface area contributed by atoms with E-state index >= 15 is 0 Å². The van der Waals surface area contributed by atoms with Crippen molar-refractivity contribution in [3.05, 3.63) is 45.5 Å². The van der Waals surface area contributed by atoms with Crippen molar-refractivity contribution in [1.82, 2.24) is 9.97 Å². The molecule has 1 aromatic carbocycles. The molecule has 1 N–H and O–H groups in total. The quantitative estimate of drug-likeness (QED) is 0.860. The number of anilines is 2. The molecule has 2 aromatic rings. The van der Waals surface area contributed by atoms with Crippen molar-refractivity contribution in [2.45, 2.75) is 6.92 Å². The molecule has 82 valence electrons. The highest BCUT2D eigenvalue weighted by Gasteiger charge is 2.03. The lowest BCUT2D eigenvalue weighted by Gasteiger charge is -2.06. The third-order valence-electron chi connectivity index (χ3n) is 1.99. The van der Waals surface area contributed by atoms with E-state index in [0.717, 1.165) is 9.13 Å². The molecule has 0 atom stereocenters. The molecule has 0 aliphatic heterocycles. The van der Waals surface area contributed by atoms with Crippen molar-refractivity contribution in [2.75, 3.05) is 5.32 Å². The topological polar surface area (TPSA) is 37.8 Å². The maximum absolute atomic E-state index is 13.5. The fraction of sp³-hybridized carbons (Fsp3) is 0.0909. The van der Waals surface area contributed by atoms with Crippen LogP contribution >= 0.6 is 22.6 Å². The summed E-state index contributed by atoms with van der Waals surface area (Å²) >= 11 is 2.11. The molecule has 1 heterocycles. The highest BCUT2D eigenvalue weighted by Crippen LogP contribution is 2.18. The minimum Gasteiger partial charge on any atom is -0.322 e. The van der Waals surface area contributed by atoms with E-state index in [0.29, 0.717) is 11.6 Å². The fourth-order valence-corrected chi connectivity index (χ4v) is 1.50. The van der Waals surface area contributed by atoms with Crippen molar-refractivity contribution in [3.63, 3.8) is 0 Å². The van der Waals surface area contributed by atoms with Crippen LogP contribution in [-0.2, 0) is 0 Å². The molecule has 0 saturated carbocycles. The number of nitrogens with zero attached hydrogens (tertiary/aromatic N) is 2. The Labute approximate surface area is 106 Å². The van der Waals surface area contributed by atoms with Crippen molar-refractivity contribution < 1.29 is 4.39 Å². The maximum Gasteiger partial charge on any atom is 0.227 e. The summed E-state index contributed by atoms with van der Waals surface area (Å²) in [7, 11) is 0. The number of aryl methyl sites for hydroxylation is 1. The first kappa shape index (κ1) is 11.3. The van der Waals surface area contributed by atoms with Crippen LogP contribution in [0.15, 0.2) is 30.6 Å². The van der Waals surface area contributed by atoms with Crippen LogP contribution in [-0.4, -0.2) is 9.97 Å². The number of benzene rings is 1. The summed E-state index contributed by atoms with van der Waals surface area (Å²) in [5, 5.41) is 2.83. The van der Waals surface area contributed by atoms with Gasteiger partial charge in [-0.15, -0.1) is 0 Å². The van der Waals surface area contributed by atoms with Crippen LogP contribution in [0.4, 0.5) is 16.0 Å². The van der Waals surface area contributed by atoms with E-state index in [2.05, 4.69) is 37.9 Å². The van der Waals surface area contributed by atoms with Gasteiger partial charge in [0.2, 0.25) is 5.95 Å². The molecule has 0 unspecified atom stereocenters. The zero-order chi connectivity index (χ0) is 11.5. The standard InChI is InChI=1S/C11H9FIN3/c1-7-2-3-10(9(12)4-7)16-11-14-5-8(13)6-15-11/h2-6H,1H3,(H,14,15,16). The first-order valence-corrected chi connectivity index (χ1v) is 5.74. The summed E-state index contributed by atoms with van der Waals surface area (Å²) in [6, 6.07) is 4.97. The summed E-state index contributed by atoms with van der Waals surface area (Å²) in [6.07, 6.45) is 3.34. The molecule has 3 nitrogen and oxygen atoms in total. The second-order valence-corrected chi connectivity index (χ2v) is 4.58. The van der Waals surface area contributed by atoms with E-state index < -0.39 is 0 Å². The van der Waals surface area contributed by atoms with Gasteiger partial charge in [-0.25, -0.2) is 14.4 Å². The molecule has 1 aromatic heterocycles. The van der Waals surface area contributed by atoms with Gasteiger partial charge in [0.1, 0.15) is 5.82 Å². The number of aromatic nitrogens is 2. The van der Waals surface area contributed by atoms with Crippen molar-refractivity contribution in [2.24, 2.45) is 0 Å². The summed E-state index contributed by atoms with van der Waals surface area (Å²) in [6.45, 7) is 1.84. The van der Waals surface area contributed by atoms with Crippen LogP contribution in [0.25, 0.3) is 0 Å². The Morgan fingerprint density at radius 2 is 1.94 bits per heavy atom. The van der Waals surface area contributed by atoms with E-state index in [1.54, 1.807) is 18.5 Å². The van der Waals surface area contributed by atoms with Crippen LogP contribution in [0.1, 0.15) is 5.56 Å². The van der Waals surface area contributed by atoms with E-state index in [1.165, 1.54) is 6.07 Å². The molecule has 0 amide bonds. The van der Waals surface area contributed by atoms with E-state index in [-0.39, 0.29) is 5.82 Å². The monoisotopic (exact) mass is 329 g/mol. The second kappa shape index (κ2) is 4.73. The highest BCUT2D eigenvalue weighted by molar-refractivity contribution is 14.1. The average molecular weight is 329 g/mol. The van der Waals surface area contributed by atoms with Gasteiger partial charge in [0.15, 0.2) is 0 Å². The normalized spacial score (nSPS) is 10.2. The Morgan fingerprint density at radius 1 is 1.25 bits per heavy atom. The van der Waals surface area contributed by atoms with Crippen LogP contribution in [0.3, 0.4) is 0 Å². The Bertz CT molecular complexity index is 499. The Balaban J connectivity index is 2.23. The van der Waals surface area contributed by atoms with Gasteiger partial charge in [-0.3, -0.25) is 0 Å². The predicted molar refractivity (Wildman–Crippen MR) is 69.2 cm³/mol. The summed E-state index contributed by atoms with van der Waals surface area (Å²) in [5.41, 5.74) is 1.26.